The largest absolute Gasteiger partial charge is 0.383 e. The maximum atomic E-state index is 11.3. The van der Waals surface area contributed by atoms with Crippen molar-refractivity contribution >= 4 is 24.0 Å². The molecule has 0 radical (unpaired) electrons. The summed E-state index contributed by atoms with van der Waals surface area (Å²) in [7, 11) is 3.40. The van der Waals surface area contributed by atoms with Gasteiger partial charge in [0.05, 0.1) is 11.3 Å². The molecule has 0 amide bonds. The van der Waals surface area contributed by atoms with Crippen LogP contribution in [-0.2, 0) is 7.05 Å². The Balaban J connectivity index is 1.78. The third kappa shape index (κ3) is 2.50. The zero-order valence-corrected chi connectivity index (χ0v) is 14.0. The molecule has 5 N–H and O–H groups in total. The van der Waals surface area contributed by atoms with E-state index in [4.69, 9.17) is 11.1 Å². The van der Waals surface area contributed by atoms with Crippen molar-refractivity contribution in [2.45, 2.75) is 37.2 Å². The van der Waals surface area contributed by atoms with E-state index in [2.05, 4.69) is 15.6 Å². The van der Waals surface area contributed by atoms with Crippen molar-refractivity contribution in [1.82, 2.24) is 15.2 Å². The molecule has 2 saturated carbocycles. The number of hydrazone groups is 1. The van der Waals surface area contributed by atoms with Crippen LogP contribution in [0.15, 0.2) is 5.10 Å². The monoisotopic (exact) mass is 332 g/mol. The molecule has 0 aliphatic heterocycles. The minimum Gasteiger partial charge on any atom is -0.383 e. The van der Waals surface area contributed by atoms with Crippen LogP contribution < -0.4 is 11.2 Å². The second kappa shape index (κ2) is 6.01. The summed E-state index contributed by atoms with van der Waals surface area (Å²) in [5.41, 5.74) is 9.18. The number of fused-ring (bicyclic) bond motifs is 1. The molecule has 130 valence electrons. The second-order valence-corrected chi connectivity index (χ2v) is 6.92. The molecule has 1 aromatic rings. The quantitative estimate of drug-likeness (QED) is 0.358. The third-order valence-electron chi connectivity index (χ3n) is 5.55. The second-order valence-electron chi connectivity index (χ2n) is 6.92. The number of nitrogens with one attached hydrogen (secondary N) is 2. The van der Waals surface area contributed by atoms with Crippen LogP contribution in [0.2, 0.25) is 0 Å². The molecule has 0 bridgehead atoms. The minimum absolute atomic E-state index is 0.193. The van der Waals surface area contributed by atoms with E-state index in [9.17, 15) is 9.90 Å². The molecule has 2 atom stereocenters. The first-order chi connectivity index (χ1) is 11.4. The van der Waals surface area contributed by atoms with Crippen LogP contribution in [0.5, 0.6) is 0 Å². The molecule has 2 unspecified atom stereocenters. The molecule has 24 heavy (non-hydrogen) atoms. The standard InChI is InChI=1S/C16H24N6O2/c1-19-20-13(7-17)16(24)5-10-3-9(4-11(10)6-16)14-12(8-23)15(18)22(2)21-14/h7-11,17,19,24H,3-6,18H2,1-2H3/b17-7?,20-13+. The fraction of sp³-hybridized carbons (Fsp3) is 0.625. The van der Waals surface area contributed by atoms with Gasteiger partial charge in [0.25, 0.3) is 0 Å². The van der Waals surface area contributed by atoms with E-state index in [0.717, 1.165) is 31.0 Å². The van der Waals surface area contributed by atoms with Crippen LogP contribution in [-0.4, -0.2) is 45.7 Å². The number of hydrogen-bond donors (Lipinski definition) is 4. The Morgan fingerprint density at radius 1 is 1.50 bits per heavy atom. The summed E-state index contributed by atoms with van der Waals surface area (Å²) in [6.07, 6.45) is 4.82. The summed E-state index contributed by atoms with van der Waals surface area (Å²) >= 11 is 0. The molecule has 2 aliphatic rings. The molecule has 8 nitrogen and oxygen atoms in total. The lowest BCUT2D eigenvalue weighted by molar-refractivity contribution is 0.110. The predicted octanol–water partition coefficient (Wildman–Crippen LogP) is 0.674. The molecule has 1 aromatic heterocycles. The van der Waals surface area contributed by atoms with Crippen molar-refractivity contribution in [1.29, 1.82) is 5.41 Å². The molecule has 2 fully saturated rings. The van der Waals surface area contributed by atoms with Crippen molar-refractivity contribution in [2.75, 3.05) is 12.8 Å². The zero-order chi connectivity index (χ0) is 17.5. The van der Waals surface area contributed by atoms with Crippen LogP contribution in [0.4, 0.5) is 5.82 Å². The molecule has 1 heterocycles. The lowest BCUT2D eigenvalue weighted by Crippen LogP contribution is -2.38. The molecule has 0 saturated heterocycles. The number of aldehydes is 1. The number of aromatic nitrogens is 2. The molecule has 0 aromatic carbocycles. The van der Waals surface area contributed by atoms with Crippen molar-refractivity contribution in [2.24, 2.45) is 24.0 Å². The van der Waals surface area contributed by atoms with Crippen LogP contribution in [0.25, 0.3) is 0 Å². The van der Waals surface area contributed by atoms with Gasteiger partial charge in [0.2, 0.25) is 0 Å². The SMILES string of the molecule is CN/N=C(\C=N)C1(O)CC2CC(c3nn(C)c(N)c3C=O)CC2C1. The Labute approximate surface area is 140 Å². The number of aryl methyl sites for hydroxylation is 1. The number of anilines is 1. The Morgan fingerprint density at radius 3 is 2.62 bits per heavy atom. The summed E-state index contributed by atoms with van der Waals surface area (Å²) in [5, 5.41) is 26.8. The predicted molar refractivity (Wildman–Crippen MR) is 91.4 cm³/mol. The number of carbonyl (C=O) groups excluding carboxylic acids is 1. The maximum absolute atomic E-state index is 11.3. The van der Waals surface area contributed by atoms with Crippen molar-refractivity contribution in [3.05, 3.63) is 11.3 Å². The van der Waals surface area contributed by atoms with Gasteiger partial charge in [0, 0.05) is 26.2 Å². The highest BCUT2D eigenvalue weighted by molar-refractivity contribution is 6.33. The maximum Gasteiger partial charge on any atom is 0.155 e. The van der Waals surface area contributed by atoms with Crippen molar-refractivity contribution in [3.8, 4) is 0 Å². The highest BCUT2D eigenvalue weighted by Gasteiger charge is 2.51. The van der Waals surface area contributed by atoms with Gasteiger partial charge >= 0.3 is 0 Å². The third-order valence-corrected chi connectivity index (χ3v) is 5.55. The van der Waals surface area contributed by atoms with Gasteiger partial charge in [-0.25, -0.2) is 0 Å². The zero-order valence-electron chi connectivity index (χ0n) is 14.0. The number of hydrogen-bond acceptors (Lipinski definition) is 7. The highest BCUT2D eigenvalue weighted by atomic mass is 16.3. The fourth-order valence-corrected chi connectivity index (χ4v) is 4.48. The van der Waals surface area contributed by atoms with Gasteiger partial charge in [-0.1, -0.05) is 0 Å². The first-order valence-electron chi connectivity index (χ1n) is 8.18. The average molecular weight is 332 g/mol. The molecule has 3 rings (SSSR count). The number of nitrogens with two attached hydrogens (primary N) is 1. The van der Waals surface area contributed by atoms with Crippen LogP contribution in [0.1, 0.15) is 47.7 Å². The topological polar surface area (TPSA) is 129 Å². The lowest BCUT2D eigenvalue weighted by atomic mass is 9.89. The number of nitrogens with zero attached hydrogens (tertiary/aromatic N) is 3. The molecular formula is C16H24N6O2. The minimum atomic E-state index is -1.04. The van der Waals surface area contributed by atoms with Gasteiger partial charge in [0.1, 0.15) is 17.1 Å². The Kier molecular flexibility index (Phi) is 4.16. The molecule has 2 aliphatic carbocycles. The van der Waals surface area contributed by atoms with Gasteiger partial charge < -0.3 is 21.7 Å². The van der Waals surface area contributed by atoms with Gasteiger partial charge in [-0.3, -0.25) is 9.48 Å². The number of nitrogen functional groups attached to an aromatic ring is 1. The number of aliphatic hydroxyl groups is 1. The van der Waals surface area contributed by atoms with Gasteiger partial charge in [-0.2, -0.15) is 10.2 Å². The van der Waals surface area contributed by atoms with Gasteiger partial charge in [0.15, 0.2) is 6.29 Å². The van der Waals surface area contributed by atoms with E-state index in [1.807, 2.05) is 0 Å². The fourth-order valence-electron chi connectivity index (χ4n) is 4.48. The average Bonchev–Trinajstić information content (AvgIpc) is 3.15. The Hall–Kier alpha value is -2.22. The smallest absolute Gasteiger partial charge is 0.155 e. The summed E-state index contributed by atoms with van der Waals surface area (Å²) in [6.45, 7) is 0. The number of carbonyl (C=O) groups is 1. The van der Waals surface area contributed by atoms with Crippen molar-refractivity contribution < 1.29 is 9.90 Å². The van der Waals surface area contributed by atoms with E-state index in [0.29, 0.717) is 41.8 Å². The summed E-state index contributed by atoms with van der Waals surface area (Å²) in [4.78, 5) is 11.3. The first-order valence-corrected chi connectivity index (χ1v) is 8.18. The molecular weight excluding hydrogens is 308 g/mol. The van der Waals surface area contributed by atoms with Crippen LogP contribution in [0, 0.1) is 17.2 Å². The van der Waals surface area contributed by atoms with E-state index in [1.54, 1.807) is 18.8 Å². The van der Waals surface area contributed by atoms with E-state index < -0.39 is 5.60 Å². The van der Waals surface area contributed by atoms with E-state index in [1.165, 1.54) is 0 Å². The normalized spacial score (nSPS) is 32.6. The highest BCUT2D eigenvalue weighted by Crippen LogP contribution is 2.54. The van der Waals surface area contributed by atoms with Crippen LogP contribution in [0.3, 0.4) is 0 Å². The summed E-state index contributed by atoms with van der Waals surface area (Å²) in [6, 6.07) is 0. The first kappa shape index (κ1) is 16.6. The van der Waals surface area contributed by atoms with E-state index in [-0.39, 0.29) is 5.92 Å². The Morgan fingerprint density at radius 2 is 2.12 bits per heavy atom. The van der Waals surface area contributed by atoms with E-state index >= 15 is 0 Å². The molecule has 0 spiro atoms. The van der Waals surface area contributed by atoms with Gasteiger partial charge in [-0.15, -0.1) is 0 Å². The summed E-state index contributed by atoms with van der Waals surface area (Å²) < 4.78 is 1.55. The number of rotatable bonds is 5. The lowest BCUT2D eigenvalue weighted by Gasteiger charge is -2.24. The van der Waals surface area contributed by atoms with Crippen LogP contribution >= 0.6 is 0 Å². The molecule has 8 heteroatoms. The summed E-state index contributed by atoms with van der Waals surface area (Å²) in [5.74, 6) is 1.27. The Bertz CT molecular complexity index is 681. The van der Waals surface area contributed by atoms with Crippen molar-refractivity contribution in [3.63, 3.8) is 0 Å². The van der Waals surface area contributed by atoms with Gasteiger partial charge in [-0.05, 0) is 37.5 Å².